The molecule has 0 radical (unpaired) electrons. The average molecular weight is 617 g/mol. The van der Waals surface area contributed by atoms with E-state index in [2.05, 4.69) is 24.5 Å². The largest absolute Gasteiger partial charge is 0.790 e. The molecule has 224 valence electrons. The zero-order valence-electron chi connectivity index (χ0n) is 20.8. The minimum absolute atomic E-state index is 0.0160. The molecule has 5 rings (SSSR count). The van der Waals surface area contributed by atoms with Crippen molar-refractivity contribution in [2.24, 2.45) is 0 Å². The van der Waals surface area contributed by atoms with Crippen molar-refractivity contribution in [3.63, 3.8) is 0 Å². The van der Waals surface area contributed by atoms with Gasteiger partial charge in [0.15, 0.2) is 11.5 Å². The minimum Gasteiger partial charge on any atom is -0.790 e. The van der Waals surface area contributed by atoms with Crippen molar-refractivity contribution < 1.29 is 52.0 Å². The lowest BCUT2D eigenvalue weighted by Gasteiger charge is -2.32. The highest BCUT2D eigenvalue weighted by atomic mass is 31.2. The molecule has 20 nitrogen and oxygen atoms in total. The van der Waals surface area contributed by atoms with Crippen molar-refractivity contribution in [3.8, 4) is 0 Å². The van der Waals surface area contributed by atoms with E-state index < -0.39 is 71.2 Å². The summed E-state index contributed by atoms with van der Waals surface area (Å²) in [5.74, 6) is 0.0596. The van der Waals surface area contributed by atoms with Crippen LogP contribution < -0.4 is 31.8 Å². The molecule has 0 spiro atoms. The highest BCUT2D eigenvalue weighted by Gasteiger charge is 2.42. The molecule has 3 aromatic heterocycles. The Morgan fingerprint density at radius 2 is 1.85 bits per heavy atom. The van der Waals surface area contributed by atoms with E-state index in [0.29, 0.717) is 0 Å². The van der Waals surface area contributed by atoms with Gasteiger partial charge in [0, 0.05) is 12.6 Å². The molecule has 0 bridgehead atoms. The maximum Gasteiger partial charge on any atom is 0.349 e. The number of hydrogen-bond donors (Lipinski definition) is 3. The molecule has 0 aliphatic carbocycles. The summed E-state index contributed by atoms with van der Waals surface area (Å²) in [6.07, 6.45) is -2.66. The molecule has 2 aliphatic heterocycles. The van der Waals surface area contributed by atoms with Crippen molar-refractivity contribution in [1.29, 1.82) is 0 Å². The molecule has 7 atom stereocenters. The van der Waals surface area contributed by atoms with E-state index in [1.165, 1.54) is 29.5 Å². The smallest absolute Gasteiger partial charge is 0.349 e. The molecular weight excluding hydrogens is 594 g/mol. The van der Waals surface area contributed by atoms with E-state index in [1.54, 1.807) is 0 Å². The number of ether oxygens (including phenoxy) is 2. The quantitative estimate of drug-likeness (QED) is 0.186. The summed E-state index contributed by atoms with van der Waals surface area (Å²) >= 11 is 0. The monoisotopic (exact) mass is 617 g/mol. The second kappa shape index (κ2) is 11.4. The summed E-state index contributed by atoms with van der Waals surface area (Å²) in [4.78, 5) is 62.5. The molecule has 0 aromatic carbocycles. The molecule has 2 fully saturated rings. The van der Waals surface area contributed by atoms with Crippen LogP contribution in [-0.2, 0) is 32.2 Å². The van der Waals surface area contributed by atoms with E-state index in [0.717, 1.165) is 4.57 Å². The van der Waals surface area contributed by atoms with Gasteiger partial charge in [-0.1, -0.05) is 0 Å². The van der Waals surface area contributed by atoms with Crippen LogP contribution in [0, 0.1) is 0 Å². The zero-order valence-corrected chi connectivity index (χ0v) is 22.6. The Morgan fingerprint density at radius 1 is 1.10 bits per heavy atom. The fraction of sp³-hybridized carbons (Fsp3) is 0.526. The summed E-state index contributed by atoms with van der Waals surface area (Å²) in [6.45, 7) is -1.70. The first-order valence-corrected chi connectivity index (χ1v) is 14.8. The third kappa shape index (κ3) is 6.63. The normalized spacial score (nSPS) is 28.3. The molecule has 22 heteroatoms. The summed E-state index contributed by atoms with van der Waals surface area (Å²) < 4.78 is 51.8. The van der Waals surface area contributed by atoms with E-state index in [1.807, 2.05) is 0 Å². The standard InChI is InChI=1S/C19H26N8O12P2/c20-13-1-2-26(19(29)25-13)9-4-35-12(16(9)28)6-37-41(33,34)39-10-3-14(38-11(10)5-36-40(30,31)32)27-8-24-15-17(21)22-7-23-18(15)27/h1-2,7-12,14,16,28H,3-6H2,(H,33,34)(H2,20,25,29)(H2,21,22,23)(H2,30,31,32)/p-3. The van der Waals surface area contributed by atoms with Crippen molar-refractivity contribution >= 4 is 38.4 Å². The van der Waals surface area contributed by atoms with Gasteiger partial charge in [0.05, 0.1) is 46.1 Å². The average Bonchev–Trinajstić information content (AvgIpc) is 3.59. The van der Waals surface area contributed by atoms with Crippen LogP contribution in [0.2, 0.25) is 0 Å². The molecule has 7 unspecified atom stereocenters. The van der Waals surface area contributed by atoms with Gasteiger partial charge in [-0.25, -0.2) is 19.7 Å². The second-order valence-corrected chi connectivity index (χ2v) is 11.6. The van der Waals surface area contributed by atoms with Crippen molar-refractivity contribution in [2.75, 3.05) is 31.3 Å². The van der Waals surface area contributed by atoms with Gasteiger partial charge in [-0.15, -0.1) is 0 Å². The van der Waals surface area contributed by atoms with E-state index in [-0.39, 0.29) is 35.8 Å². The van der Waals surface area contributed by atoms with Gasteiger partial charge in [0.1, 0.15) is 42.2 Å². The van der Waals surface area contributed by atoms with Crippen LogP contribution in [0.15, 0.2) is 29.7 Å². The summed E-state index contributed by atoms with van der Waals surface area (Å²) in [5, 5.41) is 10.6. The maximum absolute atomic E-state index is 12.7. The summed E-state index contributed by atoms with van der Waals surface area (Å²) in [6, 6.07) is 0.460. The first kappa shape index (κ1) is 29.6. The van der Waals surface area contributed by atoms with Gasteiger partial charge in [0.2, 0.25) is 0 Å². The van der Waals surface area contributed by atoms with Gasteiger partial charge in [-0.05, 0) is 6.07 Å². The molecule has 0 saturated carbocycles. The van der Waals surface area contributed by atoms with E-state index in [4.69, 9.17) is 30.0 Å². The number of phosphoric ester groups is 2. The Labute approximate surface area is 229 Å². The highest BCUT2D eigenvalue weighted by molar-refractivity contribution is 7.45. The topological polar surface area (TPSA) is 300 Å². The number of nitrogen functional groups attached to an aromatic ring is 2. The Kier molecular flexibility index (Phi) is 8.25. The molecule has 3 aromatic rings. The number of nitrogens with two attached hydrogens (primary N) is 2. The fourth-order valence-electron chi connectivity index (χ4n) is 4.48. The van der Waals surface area contributed by atoms with Crippen molar-refractivity contribution in [1.82, 2.24) is 29.1 Å². The molecule has 2 aliphatic rings. The molecule has 41 heavy (non-hydrogen) atoms. The number of anilines is 2. The SMILES string of the molecule is Nc1ccn(C2COC(COP(=O)([O-])OC3CC(n4cnc5c(N)ncnc54)OC3COP(=O)([O-])[O-])C2O)c(=O)n1. The number of hydrogen-bond acceptors (Lipinski definition) is 18. The van der Waals surface area contributed by atoms with Crippen LogP contribution in [0.4, 0.5) is 11.6 Å². The predicted octanol–water partition coefficient (Wildman–Crippen LogP) is -3.45. The molecular formula is C19H23N8O12P2-3. The number of rotatable bonds is 10. The number of fused-ring (bicyclic) bond motifs is 1. The van der Waals surface area contributed by atoms with Crippen molar-refractivity contribution in [3.05, 3.63) is 35.4 Å². The lowest BCUT2D eigenvalue weighted by atomic mass is 10.1. The Bertz CT molecular complexity index is 1560. The van der Waals surface area contributed by atoms with Gasteiger partial charge in [-0.3, -0.25) is 13.7 Å². The van der Waals surface area contributed by atoms with Crippen LogP contribution in [0.3, 0.4) is 0 Å². The van der Waals surface area contributed by atoms with E-state index >= 15 is 0 Å². The summed E-state index contributed by atoms with van der Waals surface area (Å²) in [5.41, 5.74) is 11.0. The Hall–Kier alpha value is -2.87. The summed E-state index contributed by atoms with van der Waals surface area (Å²) in [7, 11) is -10.6. The Morgan fingerprint density at radius 3 is 2.59 bits per heavy atom. The molecule has 5 heterocycles. The second-order valence-electron chi connectivity index (χ2n) is 9.05. The molecule has 0 amide bonds. The van der Waals surface area contributed by atoms with Gasteiger partial charge >= 0.3 is 5.69 Å². The third-order valence-corrected chi connectivity index (χ3v) is 7.86. The van der Waals surface area contributed by atoms with Crippen LogP contribution in [-0.4, -0.2) is 78.4 Å². The number of nitrogens with zero attached hydrogens (tertiary/aromatic N) is 6. The number of aromatic nitrogens is 6. The fourth-order valence-corrected chi connectivity index (χ4v) is 5.75. The van der Waals surface area contributed by atoms with Crippen LogP contribution in [0.25, 0.3) is 11.2 Å². The van der Waals surface area contributed by atoms with Gasteiger partial charge in [-0.2, -0.15) is 4.98 Å². The van der Waals surface area contributed by atoms with E-state index in [9.17, 15) is 33.7 Å². The van der Waals surface area contributed by atoms with Crippen LogP contribution >= 0.6 is 15.6 Å². The predicted molar refractivity (Wildman–Crippen MR) is 128 cm³/mol. The third-order valence-electron chi connectivity index (χ3n) is 6.40. The van der Waals surface area contributed by atoms with Crippen molar-refractivity contribution in [2.45, 2.75) is 43.1 Å². The minimum atomic E-state index is -5.44. The highest BCUT2D eigenvalue weighted by Crippen LogP contribution is 2.46. The van der Waals surface area contributed by atoms with Gasteiger partial charge in [0.25, 0.3) is 7.82 Å². The lowest BCUT2D eigenvalue weighted by molar-refractivity contribution is -0.343. The maximum atomic E-state index is 12.7. The first-order valence-electron chi connectivity index (χ1n) is 11.8. The van der Waals surface area contributed by atoms with Crippen LogP contribution in [0.5, 0.6) is 0 Å². The number of imidazole rings is 1. The molecule has 5 N–H and O–H groups in total. The van der Waals surface area contributed by atoms with Gasteiger partial charge < -0.3 is 58.9 Å². The number of aliphatic hydroxyl groups is 1. The van der Waals surface area contributed by atoms with Crippen LogP contribution in [0.1, 0.15) is 18.7 Å². The number of aliphatic hydroxyl groups excluding tert-OH is 1. The first-order chi connectivity index (χ1) is 19.3. The Balaban J connectivity index is 1.26. The number of phosphoric acid groups is 2. The zero-order chi connectivity index (χ0) is 29.5. The lowest BCUT2D eigenvalue weighted by Crippen LogP contribution is -2.37. The molecule has 2 saturated heterocycles.